The van der Waals surface area contributed by atoms with Gasteiger partial charge in [0, 0.05) is 68.8 Å². The Morgan fingerprint density at radius 3 is 1.38 bits per heavy atom. The molecule has 10 heteroatoms. The maximum absolute atomic E-state index is 13.7. The van der Waals surface area contributed by atoms with Crippen molar-refractivity contribution in [3.05, 3.63) is 116 Å². The summed E-state index contributed by atoms with van der Waals surface area (Å²) in [6.45, 7) is 0.992. The van der Waals surface area contributed by atoms with Crippen LogP contribution in [0.15, 0.2) is 105 Å². The van der Waals surface area contributed by atoms with Gasteiger partial charge < -0.3 is 31.5 Å². The first-order chi connectivity index (χ1) is 20.3. The molecule has 5 rings (SSSR count). The van der Waals surface area contributed by atoms with Gasteiger partial charge in [0.1, 0.15) is 12.5 Å². The van der Waals surface area contributed by atoms with Crippen LogP contribution in [0.3, 0.4) is 0 Å². The van der Waals surface area contributed by atoms with Crippen LogP contribution in [0, 0.1) is 11.8 Å². The number of anilines is 2. The molecule has 0 heterocycles. The summed E-state index contributed by atoms with van der Waals surface area (Å²) in [6.07, 6.45) is 2.25. The van der Waals surface area contributed by atoms with Crippen molar-refractivity contribution >= 4 is 54.8 Å². The van der Waals surface area contributed by atoms with Gasteiger partial charge in [0.25, 0.3) is 0 Å². The van der Waals surface area contributed by atoms with Gasteiger partial charge in [-0.05, 0) is 60.7 Å². The molecule has 3 aromatic carbocycles. The zero-order valence-corrected chi connectivity index (χ0v) is 25.9. The number of hydrogen-bond donors (Lipinski definition) is 6. The first-order valence-corrected chi connectivity index (χ1v) is 15.4. The number of fused-ring (bicyclic) bond motifs is 2. The molecule has 4 unspecified atom stereocenters. The summed E-state index contributed by atoms with van der Waals surface area (Å²) in [4.78, 5) is 27.5. The van der Waals surface area contributed by atoms with Gasteiger partial charge in [-0.15, -0.1) is 0 Å². The fourth-order valence-electron chi connectivity index (χ4n) is 5.23. The molecular formula is C32H32Br2N4O4. The highest BCUT2D eigenvalue weighted by molar-refractivity contribution is 9.10. The molecule has 0 bridgehead atoms. The van der Waals surface area contributed by atoms with Crippen molar-refractivity contribution in [1.29, 1.82) is 0 Å². The molecule has 0 saturated carbocycles. The van der Waals surface area contributed by atoms with Crippen LogP contribution >= 0.6 is 31.9 Å². The van der Waals surface area contributed by atoms with Crippen molar-refractivity contribution in [1.82, 2.24) is 10.6 Å². The monoisotopic (exact) mass is 694 g/mol. The fourth-order valence-corrected chi connectivity index (χ4v) is 5.75. The topological polar surface area (TPSA) is 123 Å². The molecular weight excluding hydrogens is 664 g/mol. The zero-order chi connectivity index (χ0) is 29.6. The van der Waals surface area contributed by atoms with Gasteiger partial charge in [0.2, 0.25) is 0 Å². The third kappa shape index (κ3) is 7.12. The van der Waals surface area contributed by atoms with E-state index in [9.17, 15) is 19.8 Å². The van der Waals surface area contributed by atoms with Gasteiger partial charge in [0.15, 0.2) is 11.6 Å². The first kappa shape index (κ1) is 30.0. The quantitative estimate of drug-likeness (QED) is 0.139. The van der Waals surface area contributed by atoms with E-state index in [2.05, 4.69) is 53.1 Å². The molecule has 8 nitrogen and oxygen atoms in total. The number of nitrogens with one attached hydrogen (secondary N) is 4. The third-order valence-electron chi connectivity index (χ3n) is 7.32. The molecule has 0 amide bonds. The smallest absolute Gasteiger partial charge is 0.173 e. The molecule has 0 aromatic heterocycles. The van der Waals surface area contributed by atoms with Crippen molar-refractivity contribution in [2.45, 2.75) is 25.3 Å². The van der Waals surface area contributed by atoms with E-state index in [-0.39, 0.29) is 11.6 Å². The SMILES string of the molecule is O=C1c2ccccc2C(=O)C2C(NC(O)CCNc3ccc(Br)cc3)=CC=C(NC(O)CCNc3ccc(Br)cc3)C12. The third-order valence-corrected chi connectivity index (χ3v) is 8.37. The van der Waals surface area contributed by atoms with Crippen LogP contribution in [-0.2, 0) is 0 Å². The van der Waals surface area contributed by atoms with E-state index >= 15 is 0 Å². The predicted octanol–water partition coefficient (Wildman–Crippen LogP) is 5.42. The van der Waals surface area contributed by atoms with Gasteiger partial charge in [0.05, 0.1) is 11.8 Å². The standard InChI is InChI=1S/C32H32Br2N4O4/c33-19-5-9-21(10-6-19)35-17-15-27(39)37-25-13-14-26(38-28(40)16-18-36-22-11-7-20(34)8-12-22)30-29(25)31(41)23-3-1-2-4-24(23)32(30)42/h1-14,27-30,35-40H,15-18H2. The summed E-state index contributed by atoms with van der Waals surface area (Å²) in [5.74, 6) is -2.09. The summed E-state index contributed by atoms with van der Waals surface area (Å²) < 4.78 is 1.96. The number of allylic oxidation sites excluding steroid dienone is 4. The van der Waals surface area contributed by atoms with Crippen LogP contribution in [0.2, 0.25) is 0 Å². The second kappa shape index (κ2) is 13.7. The van der Waals surface area contributed by atoms with Gasteiger partial charge in [-0.1, -0.05) is 56.1 Å². The molecule has 0 fully saturated rings. The van der Waals surface area contributed by atoms with Gasteiger partial charge in [-0.25, -0.2) is 0 Å². The lowest BCUT2D eigenvalue weighted by Gasteiger charge is -2.37. The average molecular weight is 696 g/mol. The number of hydrogen-bond acceptors (Lipinski definition) is 8. The Morgan fingerprint density at radius 1 is 0.619 bits per heavy atom. The Labute approximate surface area is 261 Å². The van der Waals surface area contributed by atoms with Crippen LogP contribution in [0.5, 0.6) is 0 Å². The summed E-state index contributed by atoms with van der Waals surface area (Å²) >= 11 is 6.83. The van der Waals surface area contributed by atoms with Crippen LogP contribution in [-0.4, -0.2) is 47.3 Å². The molecule has 4 atom stereocenters. The van der Waals surface area contributed by atoms with E-state index in [1.54, 1.807) is 36.4 Å². The van der Waals surface area contributed by atoms with Crippen LogP contribution in [0.25, 0.3) is 0 Å². The van der Waals surface area contributed by atoms with Crippen molar-refractivity contribution in [3.8, 4) is 0 Å². The maximum Gasteiger partial charge on any atom is 0.173 e. The molecule has 0 radical (unpaired) electrons. The number of aliphatic hydroxyl groups excluding tert-OH is 2. The predicted molar refractivity (Wildman–Crippen MR) is 171 cm³/mol. The van der Waals surface area contributed by atoms with E-state index < -0.39 is 24.3 Å². The Bertz CT molecular complexity index is 1380. The summed E-state index contributed by atoms with van der Waals surface area (Å²) in [7, 11) is 0. The minimum atomic E-state index is -0.946. The van der Waals surface area contributed by atoms with Crippen molar-refractivity contribution in [2.24, 2.45) is 11.8 Å². The number of ketones is 2. The van der Waals surface area contributed by atoms with Gasteiger partial charge in [-0.3, -0.25) is 9.59 Å². The van der Waals surface area contributed by atoms with Crippen LogP contribution in [0.4, 0.5) is 11.4 Å². The number of aliphatic hydroxyl groups is 2. The van der Waals surface area contributed by atoms with E-state index in [0.717, 1.165) is 20.3 Å². The Balaban J connectivity index is 1.27. The molecule has 42 heavy (non-hydrogen) atoms. The molecule has 218 valence electrons. The Kier molecular flexibility index (Phi) is 9.79. The lowest BCUT2D eigenvalue weighted by atomic mass is 9.69. The number of carbonyl (C=O) groups excluding carboxylic acids is 2. The second-order valence-corrected chi connectivity index (χ2v) is 12.1. The number of carbonyl (C=O) groups is 2. The lowest BCUT2D eigenvalue weighted by molar-refractivity contribution is 0.0735. The molecule has 0 saturated heterocycles. The molecule has 2 aliphatic rings. The fraction of sp³-hybridized carbons (Fsp3) is 0.250. The highest BCUT2D eigenvalue weighted by atomic mass is 79.9. The molecule has 0 aliphatic heterocycles. The number of rotatable bonds is 12. The summed E-state index contributed by atoms with van der Waals surface area (Å²) in [5, 5.41) is 34.3. The zero-order valence-electron chi connectivity index (χ0n) is 22.7. The van der Waals surface area contributed by atoms with E-state index in [4.69, 9.17) is 0 Å². The molecule has 0 spiro atoms. The maximum atomic E-state index is 13.7. The van der Waals surface area contributed by atoms with E-state index in [1.807, 2.05) is 48.5 Å². The van der Waals surface area contributed by atoms with Crippen LogP contribution < -0.4 is 21.3 Å². The molecule has 2 aliphatic carbocycles. The van der Waals surface area contributed by atoms with Gasteiger partial charge >= 0.3 is 0 Å². The van der Waals surface area contributed by atoms with E-state index in [1.165, 1.54) is 0 Å². The lowest BCUT2D eigenvalue weighted by Crippen LogP contribution is -2.48. The van der Waals surface area contributed by atoms with Crippen molar-refractivity contribution < 1.29 is 19.8 Å². The van der Waals surface area contributed by atoms with E-state index in [0.29, 0.717) is 48.5 Å². The average Bonchev–Trinajstić information content (AvgIpc) is 2.98. The normalized spacial score (nSPS) is 19.0. The molecule has 3 aromatic rings. The largest absolute Gasteiger partial charge is 0.385 e. The summed E-state index contributed by atoms with van der Waals surface area (Å²) in [6, 6.07) is 22.3. The first-order valence-electron chi connectivity index (χ1n) is 13.8. The number of benzene rings is 3. The minimum Gasteiger partial charge on any atom is -0.385 e. The van der Waals surface area contributed by atoms with Crippen molar-refractivity contribution in [2.75, 3.05) is 23.7 Å². The Hall–Kier alpha value is -3.44. The second-order valence-electron chi connectivity index (χ2n) is 10.2. The number of halogens is 2. The van der Waals surface area contributed by atoms with Gasteiger partial charge in [-0.2, -0.15) is 0 Å². The van der Waals surface area contributed by atoms with Crippen LogP contribution in [0.1, 0.15) is 33.6 Å². The minimum absolute atomic E-state index is 0.201. The summed E-state index contributed by atoms with van der Waals surface area (Å²) in [5.41, 5.74) is 3.53. The Morgan fingerprint density at radius 2 is 1.00 bits per heavy atom. The number of Topliss-reactive ketones (excluding diaryl/α,β-unsaturated/α-hetero) is 2. The highest BCUT2D eigenvalue weighted by Crippen LogP contribution is 2.40. The molecule has 6 N–H and O–H groups in total. The highest BCUT2D eigenvalue weighted by Gasteiger charge is 2.46. The van der Waals surface area contributed by atoms with Crippen molar-refractivity contribution in [3.63, 3.8) is 0 Å².